The van der Waals surface area contributed by atoms with Gasteiger partial charge in [0, 0.05) is 36.6 Å². The largest absolute Gasteiger partial charge is 0.495 e. The molecule has 0 spiro atoms. The number of rotatable bonds is 9. The van der Waals surface area contributed by atoms with Crippen molar-refractivity contribution < 1.29 is 14.3 Å². The van der Waals surface area contributed by atoms with E-state index in [9.17, 15) is 10.1 Å². The Bertz CT molecular complexity index is 1490. The molecule has 1 aliphatic rings. The fourth-order valence-corrected chi connectivity index (χ4v) is 4.61. The summed E-state index contributed by atoms with van der Waals surface area (Å²) in [7, 11) is 1.57. The Morgan fingerprint density at radius 3 is 2.58 bits per heavy atom. The minimum absolute atomic E-state index is 0.0173. The predicted molar refractivity (Wildman–Crippen MR) is 148 cm³/mol. The van der Waals surface area contributed by atoms with Crippen LogP contribution in [0.4, 0.5) is 11.6 Å². The Hall–Kier alpha value is -4.98. The monoisotopic (exact) mass is 538 g/mol. The summed E-state index contributed by atoms with van der Waals surface area (Å²) < 4.78 is 13.3. The molecule has 1 amide bonds. The number of aromatic nitrogens is 5. The predicted octanol–water partition coefficient (Wildman–Crippen LogP) is 4.45. The zero-order valence-corrected chi connectivity index (χ0v) is 22.4. The summed E-state index contributed by atoms with van der Waals surface area (Å²) in [6.07, 6.45) is 9.48. The van der Waals surface area contributed by atoms with E-state index in [0.29, 0.717) is 40.8 Å². The van der Waals surface area contributed by atoms with Crippen LogP contribution >= 0.6 is 0 Å². The average Bonchev–Trinajstić information content (AvgIpc) is 3.50. The van der Waals surface area contributed by atoms with Crippen molar-refractivity contribution in [1.29, 1.82) is 5.26 Å². The number of nitriles is 1. The van der Waals surface area contributed by atoms with Crippen molar-refractivity contribution in [2.75, 3.05) is 25.5 Å². The lowest BCUT2D eigenvalue weighted by atomic mass is 10.1. The van der Waals surface area contributed by atoms with Gasteiger partial charge in [0.2, 0.25) is 5.95 Å². The Labute approximate surface area is 232 Å². The van der Waals surface area contributed by atoms with Crippen molar-refractivity contribution >= 4 is 17.5 Å². The maximum atomic E-state index is 12.9. The van der Waals surface area contributed by atoms with Crippen molar-refractivity contribution in [3.63, 3.8) is 0 Å². The third-order valence-corrected chi connectivity index (χ3v) is 6.66. The van der Waals surface area contributed by atoms with Gasteiger partial charge in [0.15, 0.2) is 0 Å². The van der Waals surface area contributed by atoms with Crippen molar-refractivity contribution in [3.8, 4) is 28.7 Å². The highest BCUT2D eigenvalue weighted by atomic mass is 16.5. The molecule has 0 radical (unpaired) electrons. The summed E-state index contributed by atoms with van der Waals surface area (Å²) in [6, 6.07) is 12.9. The third-order valence-electron chi connectivity index (χ3n) is 6.66. The molecule has 2 aromatic heterocycles. The smallest absolute Gasteiger partial charge is 0.253 e. The number of nitrogens with zero attached hydrogens (tertiary/aromatic N) is 7. The number of hydrogen-bond acceptors (Lipinski definition) is 9. The van der Waals surface area contributed by atoms with Crippen LogP contribution in [0.2, 0.25) is 0 Å². The fraction of sp³-hybridized carbons (Fsp3) is 0.310. The molecule has 1 fully saturated rings. The van der Waals surface area contributed by atoms with Crippen LogP contribution in [0.3, 0.4) is 0 Å². The topological polar surface area (TPSA) is 131 Å². The van der Waals surface area contributed by atoms with E-state index in [4.69, 9.17) is 9.47 Å². The molecule has 3 heterocycles. The highest BCUT2D eigenvalue weighted by molar-refractivity contribution is 5.95. The Balaban J connectivity index is 1.29. The highest BCUT2D eigenvalue weighted by Crippen LogP contribution is 2.30. The first kappa shape index (κ1) is 26.6. The number of hydrogen-bond donors (Lipinski definition) is 1. The molecule has 1 saturated heterocycles. The molecular formula is C29H30N8O3. The van der Waals surface area contributed by atoms with Crippen molar-refractivity contribution in [2.45, 2.75) is 38.8 Å². The van der Waals surface area contributed by atoms with E-state index < -0.39 is 0 Å². The lowest BCUT2D eigenvalue weighted by Gasteiger charge is -2.27. The molecule has 5 rings (SSSR count). The fourth-order valence-electron chi connectivity index (χ4n) is 4.61. The number of amides is 1. The van der Waals surface area contributed by atoms with E-state index in [1.54, 1.807) is 54.8 Å². The minimum Gasteiger partial charge on any atom is -0.495 e. The van der Waals surface area contributed by atoms with Crippen molar-refractivity contribution in [1.82, 2.24) is 29.6 Å². The molecule has 0 saturated carbocycles. The molecule has 11 nitrogen and oxygen atoms in total. The van der Waals surface area contributed by atoms with Gasteiger partial charge in [0.25, 0.3) is 5.91 Å². The Morgan fingerprint density at radius 2 is 1.88 bits per heavy atom. The first-order valence-corrected chi connectivity index (χ1v) is 13.1. The lowest BCUT2D eigenvalue weighted by molar-refractivity contribution is 0.0724. The van der Waals surface area contributed by atoms with Gasteiger partial charge in [-0.2, -0.15) is 10.4 Å². The van der Waals surface area contributed by atoms with Crippen LogP contribution in [0.25, 0.3) is 11.1 Å². The number of piperidine rings is 1. The van der Waals surface area contributed by atoms with Crippen LogP contribution in [-0.2, 0) is 6.54 Å². The molecule has 4 aromatic rings. The minimum atomic E-state index is -0.233. The van der Waals surface area contributed by atoms with Gasteiger partial charge >= 0.3 is 0 Å². The van der Waals surface area contributed by atoms with Crippen molar-refractivity contribution in [2.24, 2.45) is 0 Å². The molecule has 1 atom stereocenters. The van der Waals surface area contributed by atoms with Gasteiger partial charge in [-0.05, 0) is 62.1 Å². The van der Waals surface area contributed by atoms with E-state index in [-0.39, 0.29) is 12.0 Å². The van der Waals surface area contributed by atoms with E-state index in [2.05, 4.69) is 31.4 Å². The summed E-state index contributed by atoms with van der Waals surface area (Å²) >= 11 is 0. The van der Waals surface area contributed by atoms with Crippen LogP contribution in [-0.4, -0.2) is 61.8 Å². The maximum absolute atomic E-state index is 12.9. The second-order valence-corrected chi connectivity index (χ2v) is 9.56. The van der Waals surface area contributed by atoms with E-state index >= 15 is 0 Å². The van der Waals surface area contributed by atoms with E-state index in [1.165, 1.54) is 12.7 Å². The standard InChI is InChI=1S/C29H30N8O3/c1-20(17-37-19-31-18-34-37)40-26-12-21(6-7-23(26)14-30)24-15-32-29(33-16-24)35-25-9-8-22(13-27(25)39-2)28(38)36-10-4-3-5-11-36/h6-9,12-13,15-16,18-20H,3-5,10-11,17H2,1-2H3,(H,32,33,35). The first-order valence-electron chi connectivity index (χ1n) is 13.1. The van der Waals surface area contributed by atoms with Crippen LogP contribution in [0.1, 0.15) is 42.1 Å². The molecule has 1 unspecified atom stereocenters. The molecular weight excluding hydrogens is 508 g/mol. The lowest BCUT2D eigenvalue weighted by Crippen LogP contribution is -2.35. The van der Waals surface area contributed by atoms with Gasteiger partial charge in [0.1, 0.15) is 36.3 Å². The first-order chi connectivity index (χ1) is 19.5. The second kappa shape index (κ2) is 12.3. The van der Waals surface area contributed by atoms with Crippen molar-refractivity contribution in [3.05, 3.63) is 72.6 Å². The van der Waals surface area contributed by atoms with Crippen LogP contribution in [0, 0.1) is 11.3 Å². The number of ether oxygens (including phenoxy) is 2. The molecule has 0 aliphatic carbocycles. The van der Waals surface area contributed by atoms with E-state index in [0.717, 1.165) is 37.1 Å². The summed E-state index contributed by atoms with van der Waals surface area (Å²) in [6.45, 7) is 3.98. The summed E-state index contributed by atoms with van der Waals surface area (Å²) in [5.41, 5.74) is 3.25. The summed E-state index contributed by atoms with van der Waals surface area (Å²) in [4.78, 5) is 27.7. The summed E-state index contributed by atoms with van der Waals surface area (Å²) in [5, 5.41) is 16.8. The van der Waals surface area contributed by atoms with Gasteiger partial charge in [-0.15, -0.1) is 0 Å². The molecule has 1 aliphatic heterocycles. The SMILES string of the molecule is COc1cc(C(=O)N2CCCCC2)ccc1Nc1ncc(-c2ccc(C#N)c(OC(C)Cn3cncn3)c2)cn1. The summed E-state index contributed by atoms with van der Waals surface area (Å²) in [5.74, 6) is 1.40. The molecule has 11 heteroatoms. The zero-order valence-electron chi connectivity index (χ0n) is 22.4. The molecule has 1 N–H and O–H groups in total. The normalized spacial score (nSPS) is 13.8. The molecule has 0 bridgehead atoms. The quantitative estimate of drug-likeness (QED) is 0.328. The van der Waals surface area contributed by atoms with Gasteiger partial charge in [0.05, 0.1) is 24.9 Å². The third kappa shape index (κ3) is 6.18. The zero-order chi connectivity index (χ0) is 27.9. The molecule has 204 valence electrons. The number of carbonyl (C=O) groups is 1. The van der Waals surface area contributed by atoms with Gasteiger partial charge in [-0.1, -0.05) is 6.07 Å². The molecule has 2 aromatic carbocycles. The number of benzene rings is 2. The number of methoxy groups -OCH3 is 1. The van der Waals surface area contributed by atoms with Gasteiger partial charge in [-0.3, -0.25) is 4.79 Å². The van der Waals surface area contributed by atoms with Crippen LogP contribution < -0.4 is 14.8 Å². The second-order valence-electron chi connectivity index (χ2n) is 9.56. The number of likely N-dealkylation sites (tertiary alicyclic amines) is 1. The van der Waals surface area contributed by atoms with E-state index in [1.807, 2.05) is 24.0 Å². The highest BCUT2D eigenvalue weighted by Gasteiger charge is 2.20. The maximum Gasteiger partial charge on any atom is 0.253 e. The van der Waals surface area contributed by atoms with Crippen LogP contribution in [0.5, 0.6) is 11.5 Å². The number of anilines is 2. The van der Waals surface area contributed by atoms with Crippen LogP contribution in [0.15, 0.2) is 61.4 Å². The molecule has 40 heavy (non-hydrogen) atoms. The Morgan fingerprint density at radius 1 is 1.07 bits per heavy atom. The number of carbonyl (C=O) groups excluding carboxylic acids is 1. The van der Waals surface area contributed by atoms with Gasteiger partial charge < -0.3 is 19.7 Å². The Kier molecular flexibility index (Phi) is 8.15. The average molecular weight is 539 g/mol. The number of nitrogens with one attached hydrogen (secondary N) is 1. The van der Waals surface area contributed by atoms with Gasteiger partial charge in [-0.25, -0.2) is 19.6 Å².